The van der Waals surface area contributed by atoms with Gasteiger partial charge in [-0.1, -0.05) is 43.7 Å². The van der Waals surface area contributed by atoms with Crippen LogP contribution in [0.3, 0.4) is 0 Å². The molecule has 0 saturated heterocycles. The normalized spacial score (nSPS) is 20.0. The molecule has 130 valence electrons. The molecule has 0 unspecified atom stereocenters. The van der Waals surface area contributed by atoms with Gasteiger partial charge in [-0.05, 0) is 67.3 Å². The van der Waals surface area contributed by atoms with Crippen LogP contribution in [0.1, 0.15) is 68.1 Å². The average molecular weight is 338 g/mol. The highest BCUT2D eigenvalue weighted by Crippen LogP contribution is 2.37. The molecule has 0 radical (unpaired) electrons. The summed E-state index contributed by atoms with van der Waals surface area (Å²) >= 11 is 0. The van der Waals surface area contributed by atoms with Gasteiger partial charge in [0.15, 0.2) is 0 Å². The number of hydrogen-bond donors (Lipinski definition) is 0. The van der Waals surface area contributed by atoms with Crippen LogP contribution in [0.25, 0.3) is 0 Å². The van der Waals surface area contributed by atoms with Crippen LogP contribution in [-0.2, 0) is 0 Å². The fraction of sp³-hybridized carbons (Fsp3) is 0.391. The molecule has 1 saturated carbocycles. The van der Waals surface area contributed by atoms with Crippen molar-refractivity contribution in [3.63, 3.8) is 0 Å². The molecular formula is C23H24F2. The van der Waals surface area contributed by atoms with Crippen molar-refractivity contribution in [3.05, 3.63) is 70.8 Å². The Morgan fingerprint density at radius 1 is 0.920 bits per heavy atom. The molecule has 2 aromatic rings. The summed E-state index contributed by atoms with van der Waals surface area (Å²) in [4.78, 5) is 0. The Hall–Kier alpha value is -2.14. The van der Waals surface area contributed by atoms with Gasteiger partial charge in [0.05, 0.1) is 5.56 Å². The van der Waals surface area contributed by atoms with Crippen molar-refractivity contribution >= 4 is 0 Å². The maximum absolute atomic E-state index is 13.6. The van der Waals surface area contributed by atoms with Gasteiger partial charge in [-0.3, -0.25) is 0 Å². The van der Waals surface area contributed by atoms with E-state index in [1.165, 1.54) is 56.2 Å². The van der Waals surface area contributed by atoms with Crippen LogP contribution in [0.2, 0.25) is 0 Å². The number of benzene rings is 2. The smallest absolute Gasteiger partial charge is 0.141 e. The van der Waals surface area contributed by atoms with E-state index in [0.717, 1.165) is 17.5 Å². The van der Waals surface area contributed by atoms with Gasteiger partial charge >= 0.3 is 0 Å². The van der Waals surface area contributed by atoms with E-state index in [0.29, 0.717) is 5.92 Å². The fourth-order valence-electron chi connectivity index (χ4n) is 3.76. The molecule has 0 atom stereocenters. The first kappa shape index (κ1) is 17.7. The molecular weight excluding hydrogens is 314 g/mol. The van der Waals surface area contributed by atoms with E-state index >= 15 is 0 Å². The molecule has 1 aliphatic carbocycles. The fourth-order valence-corrected chi connectivity index (χ4v) is 3.76. The van der Waals surface area contributed by atoms with Crippen LogP contribution in [0.4, 0.5) is 8.78 Å². The molecule has 2 aromatic carbocycles. The van der Waals surface area contributed by atoms with E-state index < -0.39 is 11.6 Å². The SMILES string of the molecule is CCCC1CCC(c2ccc(C#Cc3ccc(F)cc3F)cc2)CC1. The summed E-state index contributed by atoms with van der Waals surface area (Å²) in [6.45, 7) is 2.27. The first-order valence-corrected chi connectivity index (χ1v) is 9.22. The second-order valence-corrected chi connectivity index (χ2v) is 7.00. The first-order valence-electron chi connectivity index (χ1n) is 9.22. The van der Waals surface area contributed by atoms with Crippen molar-refractivity contribution in [2.45, 2.75) is 51.4 Å². The van der Waals surface area contributed by atoms with E-state index in [1.54, 1.807) is 0 Å². The van der Waals surface area contributed by atoms with Gasteiger partial charge in [0.1, 0.15) is 11.6 Å². The number of rotatable bonds is 3. The van der Waals surface area contributed by atoms with E-state index in [-0.39, 0.29) is 5.56 Å². The summed E-state index contributed by atoms with van der Waals surface area (Å²) in [5.41, 5.74) is 2.46. The summed E-state index contributed by atoms with van der Waals surface area (Å²) in [5, 5.41) is 0. The van der Waals surface area contributed by atoms with Gasteiger partial charge in [0.25, 0.3) is 0 Å². The molecule has 1 fully saturated rings. The molecule has 2 heteroatoms. The average Bonchev–Trinajstić information content (AvgIpc) is 2.62. The van der Waals surface area contributed by atoms with Gasteiger partial charge < -0.3 is 0 Å². The lowest BCUT2D eigenvalue weighted by atomic mass is 9.77. The third-order valence-electron chi connectivity index (χ3n) is 5.20. The quantitative estimate of drug-likeness (QED) is 0.565. The van der Waals surface area contributed by atoms with Gasteiger partial charge in [-0.2, -0.15) is 0 Å². The maximum atomic E-state index is 13.6. The Morgan fingerprint density at radius 3 is 2.28 bits per heavy atom. The minimum absolute atomic E-state index is 0.222. The van der Waals surface area contributed by atoms with Crippen LogP contribution in [0.15, 0.2) is 42.5 Å². The lowest BCUT2D eigenvalue weighted by molar-refractivity contribution is 0.308. The second kappa shape index (κ2) is 8.30. The number of hydrogen-bond acceptors (Lipinski definition) is 0. The Kier molecular flexibility index (Phi) is 5.87. The first-order chi connectivity index (χ1) is 12.2. The van der Waals surface area contributed by atoms with Gasteiger partial charge in [-0.15, -0.1) is 0 Å². The highest BCUT2D eigenvalue weighted by Gasteiger charge is 2.21. The van der Waals surface area contributed by atoms with Crippen LogP contribution >= 0.6 is 0 Å². The highest BCUT2D eigenvalue weighted by molar-refractivity contribution is 5.44. The minimum atomic E-state index is -0.618. The van der Waals surface area contributed by atoms with Gasteiger partial charge in [0, 0.05) is 11.6 Å². The predicted octanol–water partition coefficient (Wildman–Crippen LogP) is 6.44. The Bertz CT molecular complexity index is 757. The zero-order valence-corrected chi connectivity index (χ0v) is 14.7. The monoisotopic (exact) mass is 338 g/mol. The van der Waals surface area contributed by atoms with Crippen LogP contribution in [0.5, 0.6) is 0 Å². The third kappa shape index (κ3) is 4.69. The maximum Gasteiger partial charge on any atom is 0.141 e. The summed E-state index contributed by atoms with van der Waals surface area (Å²) < 4.78 is 26.5. The number of halogens is 2. The third-order valence-corrected chi connectivity index (χ3v) is 5.20. The lowest BCUT2D eigenvalue weighted by Gasteiger charge is -2.28. The molecule has 0 aliphatic heterocycles. The molecule has 0 bridgehead atoms. The molecule has 0 N–H and O–H groups in total. The topological polar surface area (TPSA) is 0 Å². The van der Waals surface area contributed by atoms with E-state index in [2.05, 4.69) is 30.9 Å². The van der Waals surface area contributed by atoms with Crippen LogP contribution in [0, 0.1) is 29.4 Å². The Balaban J connectivity index is 1.64. The molecule has 0 amide bonds. The van der Waals surface area contributed by atoms with Crippen molar-refractivity contribution < 1.29 is 8.78 Å². The second-order valence-electron chi connectivity index (χ2n) is 7.00. The largest absolute Gasteiger partial charge is 0.207 e. The van der Waals surface area contributed by atoms with Crippen molar-refractivity contribution in [3.8, 4) is 11.8 Å². The highest BCUT2D eigenvalue weighted by atomic mass is 19.1. The van der Waals surface area contributed by atoms with E-state index in [1.807, 2.05) is 12.1 Å². The Labute approximate surface area is 149 Å². The summed E-state index contributed by atoms with van der Waals surface area (Å²) in [6, 6.07) is 11.8. The van der Waals surface area contributed by atoms with Crippen molar-refractivity contribution in [2.75, 3.05) is 0 Å². The molecule has 1 aliphatic rings. The zero-order valence-electron chi connectivity index (χ0n) is 14.7. The van der Waals surface area contributed by atoms with Crippen molar-refractivity contribution in [1.82, 2.24) is 0 Å². The van der Waals surface area contributed by atoms with E-state index in [9.17, 15) is 8.78 Å². The molecule has 25 heavy (non-hydrogen) atoms. The minimum Gasteiger partial charge on any atom is -0.207 e. The van der Waals surface area contributed by atoms with Gasteiger partial charge in [0.2, 0.25) is 0 Å². The molecule has 0 spiro atoms. The van der Waals surface area contributed by atoms with Gasteiger partial charge in [-0.25, -0.2) is 8.78 Å². The standard InChI is InChI=1S/C23H24F2/c1-2-3-17-4-9-19(10-5-17)20-11-6-18(7-12-20)8-13-21-14-15-22(24)16-23(21)25/h6-7,11-12,14-17,19H,2-5,9-10H2,1H3. The summed E-state index contributed by atoms with van der Waals surface area (Å²) in [7, 11) is 0. The van der Waals surface area contributed by atoms with Crippen molar-refractivity contribution in [2.24, 2.45) is 5.92 Å². The molecule has 0 heterocycles. The lowest BCUT2D eigenvalue weighted by Crippen LogP contribution is -2.13. The molecule has 3 rings (SSSR count). The zero-order chi connectivity index (χ0) is 17.6. The van der Waals surface area contributed by atoms with Crippen molar-refractivity contribution in [1.29, 1.82) is 0 Å². The Morgan fingerprint density at radius 2 is 1.64 bits per heavy atom. The van der Waals surface area contributed by atoms with E-state index in [4.69, 9.17) is 0 Å². The van der Waals surface area contributed by atoms with Crippen LogP contribution < -0.4 is 0 Å². The summed E-state index contributed by atoms with van der Waals surface area (Å²) in [6.07, 6.45) is 7.87. The molecule has 0 nitrogen and oxygen atoms in total. The predicted molar refractivity (Wildman–Crippen MR) is 98.4 cm³/mol. The molecule has 0 aromatic heterocycles. The summed E-state index contributed by atoms with van der Waals surface area (Å²) in [5.74, 6) is 6.12. The van der Waals surface area contributed by atoms with Crippen LogP contribution in [-0.4, -0.2) is 0 Å².